The summed E-state index contributed by atoms with van der Waals surface area (Å²) in [5, 5.41) is 8.64. The van der Waals surface area contributed by atoms with Crippen LogP contribution < -0.4 is 10.5 Å². The molecule has 0 radical (unpaired) electrons. The molecule has 3 N–H and O–H groups in total. The Bertz CT molecular complexity index is 1910. The van der Waals surface area contributed by atoms with Gasteiger partial charge in [-0.25, -0.2) is 13.2 Å². The molecule has 2 aliphatic heterocycles. The SMILES string of the molecule is NC1CCN(C(=O)[C@@H]2CN(C(=O)c3ccc(C(F)(F)F)cc3)CCN2S(=O)(=O)c2ccc3cc(OC4CCCC4)ccc3c2)CC1.O=C(O)C(F)(F)F. The Labute approximate surface area is 301 Å². The maximum absolute atomic E-state index is 14.2. The zero-order chi connectivity index (χ0) is 38.7. The van der Waals surface area contributed by atoms with E-state index in [1.165, 1.54) is 11.0 Å². The maximum atomic E-state index is 14.2. The molecule has 3 aliphatic rings. The van der Waals surface area contributed by atoms with Crippen molar-refractivity contribution < 1.29 is 59.0 Å². The van der Waals surface area contributed by atoms with Crippen LogP contribution in [0, 0.1) is 0 Å². The monoisotopic (exact) mass is 772 g/mol. The molecular formula is C35H38F6N4O7S. The second-order valence-corrected chi connectivity index (χ2v) is 15.0. The predicted molar refractivity (Wildman–Crippen MR) is 179 cm³/mol. The van der Waals surface area contributed by atoms with Crippen molar-refractivity contribution in [3.63, 3.8) is 0 Å². The normalized spacial score (nSPS) is 19.5. The van der Waals surface area contributed by atoms with E-state index in [9.17, 15) is 44.3 Å². The van der Waals surface area contributed by atoms with Gasteiger partial charge in [-0.2, -0.15) is 30.6 Å². The molecule has 1 saturated carbocycles. The fourth-order valence-corrected chi connectivity index (χ4v) is 8.12. The smallest absolute Gasteiger partial charge is 0.490 e. The van der Waals surface area contributed by atoms with Crippen LogP contribution in [0.25, 0.3) is 10.8 Å². The fourth-order valence-electron chi connectivity index (χ4n) is 6.52. The number of carbonyl (C=O) groups excluding carboxylic acids is 2. The summed E-state index contributed by atoms with van der Waals surface area (Å²) in [6, 6.07) is 12.9. The number of piperazine rings is 1. The van der Waals surface area contributed by atoms with Gasteiger partial charge in [0, 0.05) is 44.3 Å². The number of carboxylic acids is 1. The number of ether oxygens (including phenoxy) is 1. The number of hydrogen-bond donors (Lipinski definition) is 2. The largest absolute Gasteiger partial charge is 0.490 e. The molecule has 0 aromatic heterocycles. The highest BCUT2D eigenvalue weighted by atomic mass is 32.2. The zero-order valence-electron chi connectivity index (χ0n) is 28.3. The second kappa shape index (κ2) is 15.9. The molecular weight excluding hydrogens is 734 g/mol. The van der Waals surface area contributed by atoms with E-state index in [1.807, 2.05) is 18.2 Å². The molecule has 2 amide bonds. The number of nitrogens with two attached hydrogens (primary N) is 1. The first-order chi connectivity index (χ1) is 24.8. The first-order valence-electron chi connectivity index (χ1n) is 16.9. The quantitative estimate of drug-likeness (QED) is 0.322. The van der Waals surface area contributed by atoms with Crippen molar-refractivity contribution in [1.29, 1.82) is 0 Å². The van der Waals surface area contributed by atoms with Gasteiger partial charge < -0.3 is 25.4 Å². The van der Waals surface area contributed by atoms with Crippen molar-refractivity contribution in [3.05, 3.63) is 71.8 Å². The third kappa shape index (κ3) is 9.58. The molecule has 6 rings (SSSR count). The maximum Gasteiger partial charge on any atom is 0.490 e. The minimum Gasteiger partial charge on any atom is -0.490 e. The highest BCUT2D eigenvalue weighted by Gasteiger charge is 2.44. The predicted octanol–water partition coefficient (Wildman–Crippen LogP) is 5.28. The molecule has 288 valence electrons. The highest BCUT2D eigenvalue weighted by molar-refractivity contribution is 7.89. The lowest BCUT2D eigenvalue weighted by Gasteiger charge is -2.42. The van der Waals surface area contributed by atoms with E-state index >= 15 is 0 Å². The summed E-state index contributed by atoms with van der Waals surface area (Å²) in [6.45, 7) is 0.278. The number of benzene rings is 3. The molecule has 0 bridgehead atoms. The Hall–Kier alpha value is -4.42. The lowest BCUT2D eigenvalue weighted by Crippen LogP contribution is -2.62. The number of halogens is 6. The van der Waals surface area contributed by atoms with E-state index in [1.54, 1.807) is 17.0 Å². The lowest BCUT2D eigenvalue weighted by atomic mass is 10.0. The van der Waals surface area contributed by atoms with Crippen molar-refractivity contribution in [2.45, 2.75) is 74.0 Å². The summed E-state index contributed by atoms with van der Waals surface area (Å²) in [7, 11) is -4.19. The van der Waals surface area contributed by atoms with E-state index in [2.05, 4.69) is 0 Å². The summed E-state index contributed by atoms with van der Waals surface area (Å²) in [5.41, 5.74) is 5.17. The molecule has 0 spiro atoms. The molecule has 53 heavy (non-hydrogen) atoms. The Balaban J connectivity index is 0.000000705. The van der Waals surface area contributed by atoms with Gasteiger partial charge in [0.25, 0.3) is 5.91 Å². The van der Waals surface area contributed by atoms with Gasteiger partial charge in [-0.05, 0) is 97.8 Å². The number of fused-ring (bicyclic) bond motifs is 1. The van der Waals surface area contributed by atoms with Crippen LogP contribution in [0.5, 0.6) is 5.75 Å². The molecule has 3 aromatic rings. The molecule has 3 aromatic carbocycles. The number of carboxylic acid groups (broad SMARTS) is 1. The van der Waals surface area contributed by atoms with Crippen LogP contribution in [0.3, 0.4) is 0 Å². The number of carbonyl (C=O) groups is 3. The molecule has 18 heteroatoms. The molecule has 2 heterocycles. The third-order valence-electron chi connectivity index (χ3n) is 9.45. The summed E-state index contributed by atoms with van der Waals surface area (Å²) in [6.07, 6.45) is -3.99. The average molecular weight is 773 g/mol. The van der Waals surface area contributed by atoms with Crippen LogP contribution >= 0.6 is 0 Å². The number of rotatable bonds is 6. The van der Waals surface area contributed by atoms with Crippen LogP contribution in [0.4, 0.5) is 26.3 Å². The summed E-state index contributed by atoms with van der Waals surface area (Å²) in [4.78, 5) is 39.1. The van der Waals surface area contributed by atoms with Crippen LogP contribution in [-0.2, 0) is 25.8 Å². The Morgan fingerprint density at radius 1 is 0.774 bits per heavy atom. The van der Waals surface area contributed by atoms with Gasteiger partial charge in [0.1, 0.15) is 11.8 Å². The minimum atomic E-state index is -5.08. The molecule has 1 atom stereocenters. The van der Waals surface area contributed by atoms with E-state index in [-0.39, 0.29) is 42.2 Å². The number of hydrogen-bond acceptors (Lipinski definition) is 7. The molecule has 0 unspecified atom stereocenters. The van der Waals surface area contributed by atoms with E-state index in [0.717, 1.165) is 65.4 Å². The van der Waals surface area contributed by atoms with Gasteiger partial charge in [0.2, 0.25) is 15.9 Å². The van der Waals surface area contributed by atoms with Gasteiger partial charge in [-0.15, -0.1) is 0 Å². The zero-order valence-corrected chi connectivity index (χ0v) is 29.1. The van der Waals surface area contributed by atoms with E-state index < -0.39 is 51.8 Å². The number of amides is 2. The van der Waals surface area contributed by atoms with E-state index in [4.69, 9.17) is 20.4 Å². The van der Waals surface area contributed by atoms with Crippen molar-refractivity contribution in [2.75, 3.05) is 32.7 Å². The van der Waals surface area contributed by atoms with Crippen LogP contribution in [0.2, 0.25) is 0 Å². The second-order valence-electron chi connectivity index (χ2n) is 13.1. The van der Waals surface area contributed by atoms with E-state index in [0.29, 0.717) is 31.3 Å². The number of aliphatic carboxylic acids is 1. The summed E-state index contributed by atoms with van der Waals surface area (Å²) >= 11 is 0. The Morgan fingerprint density at radius 2 is 1.36 bits per heavy atom. The number of likely N-dealkylation sites (tertiary alicyclic amines) is 1. The number of sulfonamides is 1. The first-order valence-corrected chi connectivity index (χ1v) is 18.3. The topological polar surface area (TPSA) is 151 Å². The molecule has 11 nitrogen and oxygen atoms in total. The van der Waals surface area contributed by atoms with Gasteiger partial charge in [0.15, 0.2) is 0 Å². The minimum absolute atomic E-state index is 0.0188. The van der Waals surface area contributed by atoms with Crippen LogP contribution in [0.15, 0.2) is 65.6 Å². The van der Waals surface area contributed by atoms with Crippen molar-refractivity contribution >= 4 is 38.6 Å². The number of alkyl halides is 6. The molecule has 2 saturated heterocycles. The van der Waals surface area contributed by atoms with Crippen LogP contribution in [0.1, 0.15) is 54.4 Å². The van der Waals surface area contributed by atoms with Crippen molar-refractivity contribution in [1.82, 2.24) is 14.1 Å². The Kier molecular flexibility index (Phi) is 11.9. The number of piperidine rings is 1. The lowest BCUT2D eigenvalue weighted by molar-refractivity contribution is -0.192. The summed E-state index contributed by atoms with van der Waals surface area (Å²) < 4.78 is 107. The van der Waals surface area contributed by atoms with Gasteiger partial charge in [-0.1, -0.05) is 12.1 Å². The number of nitrogens with zero attached hydrogens (tertiary/aromatic N) is 3. The molecule has 3 fully saturated rings. The summed E-state index contributed by atoms with van der Waals surface area (Å²) in [5.74, 6) is -3.04. The third-order valence-corrected chi connectivity index (χ3v) is 11.4. The Morgan fingerprint density at radius 3 is 1.94 bits per heavy atom. The van der Waals surface area contributed by atoms with Gasteiger partial charge >= 0.3 is 18.3 Å². The first kappa shape index (κ1) is 39.8. The highest BCUT2D eigenvalue weighted by Crippen LogP contribution is 2.32. The van der Waals surface area contributed by atoms with Gasteiger partial charge in [0.05, 0.1) is 16.6 Å². The van der Waals surface area contributed by atoms with Crippen molar-refractivity contribution in [3.8, 4) is 5.75 Å². The molecule has 1 aliphatic carbocycles. The average Bonchev–Trinajstić information content (AvgIpc) is 3.63. The fraction of sp³-hybridized carbons (Fsp3) is 0.457. The van der Waals surface area contributed by atoms with Crippen molar-refractivity contribution in [2.24, 2.45) is 5.73 Å². The standard InChI is InChI=1S/C33H37F3N4O5S.C2HF3O2/c34-33(35,36)25-9-5-22(6-10-25)31(41)39-17-18-40(30(21-39)32(42)38-15-13-26(37)14-16-38)46(43,44)29-12-8-23-19-28(11-7-24(23)20-29)45-27-3-1-2-4-27;3-2(4,5)1(6)7/h5-12,19-20,26-27,30H,1-4,13-18,21,37H2;(H,6,7)/t30-;/m0./s1. The van der Waals surface area contributed by atoms with Gasteiger partial charge in [-0.3, -0.25) is 9.59 Å². The van der Waals surface area contributed by atoms with Crippen LogP contribution in [-0.4, -0.2) is 103 Å².